The predicted octanol–water partition coefficient (Wildman–Crippen LogP) is 2.62. The van der Waals surface area contributed by atoms with Crippen molar-refractivity contribution < 1.29 is 12.8 Å². The number of fused-ring (bicyclic) bond motifs is 1. The van der Waals surface area contributed by atoms with Crippen LogP contribution in [0.2, 0.25) is 0 Å². The van der Waals surface area contributed by atoms with Crippen LogP contribution in [-0.2, 0) is 16.3 Å². The van der Waals surface area contributed by atoms with Gasteiger partial charge in [0.1, 0.15) is 5.82 Å². The summed E-state index contributed by atoms with van der Waals surface area (Å²) in [4.78, 5) is 7.44. The van der Waals surface area contributed by atoms with Crippen molar-refractivity contribution in [3.63, 3.8) is 0 Å². The normalized spacial score (nSPS) is 13.1. The maximum absolute atomic E-state index is 13.3. The Balaban J connectivity index is 1.93. The van der Waals surface area contributed by atoms with Gasteiger partial charge in [0.15, 0.2) is 15.8 Å². The van der Waals surface area contributed by atoms with Crippen molar-refractivity contribution in [2.75, 3.05) is 25.4 Å². The zero-order chi connectivity index (χ0) is 20.1. The molecule has 1 aromatic carbocycles. The summed E-state index contributed by atoms with van der Waals surface area (Å²) in [6.07, 6.45) is 2.61. The number of hydrogen-bond acceptors (Lipinski definition) is 3. The van der Waals surface area contributed by atoms with E-state index in [0.29, 0.717) is 19.0 Å². The second-order valence-corrected chi connectivity index (χ2v) is 10.2. The molecule has 6 nitrogen and oxygen atoms in total. The molecule has 1 aromatic heterocycles. The van der Waals surface area contributed by atoms with Gasteiger partial charge in [0, 0.05) is 30.2 Å². The molecular formula is C19H29FN4O2S. The minimum absolute atomic E-state index is 0.0150. The molecule has 0 aliphatic rings. The monoisotopic (exact) mass is 396 g/mol. The fourth-order valence-corrected chi connectivity index (χ4v) is 3.55. The maximum Gasteiger partial charge on any atom is 0.191 e. The van der Waals surface area contributed by atoms with Crippen LogP contribution in [0.25, 0.3) is 10.9 Å². The minimum Gasteiger partial charge on any atom is -0.361 e. The number of hydrogen-bond donors (Lipinski definition) is 3. The third-order valence-corrected chi connectivity index (χ3v) is 6.91. The molecule has 2 rings (SSSR count). The van der Waals surface area contributed by atoms with Crippen LogP contribution in [0.15, 0.2) is 29.4 Å². The van der Waals surface area contributed by atoms with Gasteiger partial charge in [0.05, 0.1) is 17.0 Å². The van der Waals surface area contributed by atoms with E-state index in [0.717, 1.165) is 22.9 Å². The number of benzene rings is 1. The van der Waals surface area contributed by atoms with Crippen molar-refractivity contribution in [1.82, 2.24) is 15.6 Å². The number of H-pyrrole nitrogens is 1. The highest BCUT2D eigenvalue weighted by atomic mass is 32.2. The molecule has 2 aromatic rings. The number of nitrogens with one attached hydrogen (secondary N) is 3. The topological polar surface area (TPSA) is 86.3 Å². The van der Waals surface area contributed by atoms with Crippen molar-refractivity contribution in [2.24, 2.45) is 4.99 Å². The summed E-state index contributed by atoms with van der Waals surface area (Å²) >= 11 is 0. The SMILES string of the molecule is CCNC(=NCCS(=O)(=O)C(C)(C)C)NCCc1c[nH]c2cc(F)ccc12. The van der Waals surface area contributed by atoms with Crippen molar-refractivity contribution >= 4 is 26.7 Å². The molecule has 0 saturated heterocycles. The Morgan fingerprint density at radius 3 is 2.67 bits per heavy atom. The van der Waals surface area contributed by atoms with Gasteiger partial charge in [-0.1, -0.05) is 0 Å². The summed E-state index contributed by atoms with van der Waals surface area (Å²) in [6, 6.07) is 4.70. The summed E-state index contributed by atoms with van der Waals surface area (Å²) in [5, 5.41) is 7.33. The number of aliphatic imine (C=N–C) groups is 1. The Kier molecular flexibility index (Phi) is 6.86. The third kappa shape index (κ3) is 5.69. The smallest absolute Gasteiger partial charge is 0.191 e. The van der Waals surface area contributed by atoms with Crippen LogP contribution >= 0.6 is 0 Å². The van der Waals surface area contributed by atoms with Crippen LogP contribution in [0.1, 0.15) is 33.3 Å². The molecule has 150 valence electrons. The van der Waals surface area contributed by atoms with Gasteiger partial charge < -0.3 is 15.6 Å². The van der Waals surface area contributed by atoms with Gasteiger partial charge in [0.25, 0.3) is 0 Å². The number of aromatic nitrogens is 1. The maximum atomic E-state index is 13.3. The number of nitrogens with zero attached hydrogens (tertiary/aromatic N) is 1. The molecule has 0 unspecified atom stereocenters. The quantitative estimate of drug-likeness (QED) is 0.496. The summed E-state index contributed by atoms with van der Waals surface area (Å²) in [7, 11) is -3.19. The number of guanidine groups is 1. The summed E-state index contributed by atoms with van der Waals surface area (Å²) in [5.74, 6) is 0.342. The molecule has 0 fully saturated rings. The largest absolute Gasteiger partial charge is 0.361 e. The molecule has 8 heteroatoms. The lowest BCUT2D eigenvalue weighted by molar-refractivity contribution is 0.560. The third-order valence-electron chi connectivity index (χ3n) is 4.32. The average Bonchev–Trinajstić information content (AvgIpc) is 2.96. The van der Waals surface area contributed by atoms with E-state index in [4.69, 9.17) is 0 Å². The van der Waals surface area contributed by atoms with Crippen LogP contribution in [0.4, 0.5) is 4.39 Å². The summed E-state index contributed by atoms with van der Waals surface area (Å²) in [5.41, 5.74) is 1.86. The number of rotatable bonds is 7. The molecule has 0 radical (unpaired) electrons. The second-order valence-electron chi connectivity index (χ2n) is 7.37. The molecular weight excluding hydrogens is 367 g/mol. The van der Waals surface area contributed by atoms with E-state index >= 15 is 0 Å². The standard InChI is InChI=1S/C19H29FN4O2S/c1-5-21-18(23-10-11-27(25,26)19(2,3)4)22-9-8-14-13-24-17-12-15(20)6-7-16(14)17/h6-7,12-13,24H,5,8-11H2,1-4H3,(H2,21,22,23). The number of sulfone groups is 1. The lowest BCUT2D eigenvalue weighted by Crippen LogP contribution is -2.39. The van der Waals surface area contributed by atoms with Crippen molar-refractivity contribution in [3.05, 3.63) is 35.8 Å². The average molecular weight is 397 g/mol. The van der Waals surface area contributed by atoms with E-state index in [9.17, 15) is 12.8 Å². The van der Waals surface area contributed by atoms with Crippen molar-refractivity contribution in [2.45, 2.75) is 38.9 Å². The van der Waals surface area contributed by atoms with Crippen molar-refractivity contribution in [1.29, 1.82) is 0 Å². The van der Waals surface area contributed by atoms with Crippen molar-refractivity contribution in [3.8, 4) is 0 Å². The Morgan fingerprint density at radius 1 is 1.26 bits per heavy atom. The van der Waals surface area contributed by atoms with Gasteiger partial charge in [-0.2, -0.15) is 0 Å². The Hall–Kier alpha value is -2.09. The first-order chi connectivity index (χ1) is 12.6. The molecule has 0 aliphatic heterocycles. The van der Waals surface area contributed by atoms with Crippen LogP contribution < -0.4 is 10.6 Å². The highest BCUT2D eigenvalue weighted by Crippen LogP contribution is 2.19. The molecule has 0 aliphatic carbocycles. The van der Waals surface area contributed by atoms with Gasteiger partial charge in [-0.05, 0) is 57.9 Å². The molecule has 3 N–H and O–H groups in total. The first kappa shape index (κ1) is 21.2. The van der Waals surface area contributed by atoms with E-state index in [2.05, 4.69) is 20.6 Å². The lowest BCUT2D eigenvalue weighted by atomic mass is 10.1. The highest BCUT2D eigenvalue weighted by Gasteiger charge is 2.28. The summed E-state index contributed by atoms with van der Waals surface area (Å²) < 4.78 is 36.8. The molecule has 0 bridgehead atoms. The Bertz CT molecular complexity index is 898. The van der Waals surface area contributed by atoms with Gasteiger partial charge in [0.2, 0.25) is 0 Å². The van der Waals surface area contributed by atoms with Gasteiger partial charge in [-0.15, -0.1) is 0 Å². The van der Waals surface area contributed by atoms with E-state index < -0.39 is 14.6 Å². The highest BCUT2D eigenvalue weighted by molar-refractivity contribution is 7.92. The molecule has 27 heavy (non-hydrogen) atoms. The fraction of sp³-hybridized carbons (Fsp3) is 0.526. The van der Waals surface area contributed by atoms with E-state index in [1.165, 1.54) is 12.1 Å². The number of halogens is 1. The van der Waals surface area contributed by atoms with Crippen LogP contribution in [0.5, 0.6) is 0 Å². The first-order valence-corrected chi connectivity index (χ1v) is 10.8. The van der Waals surface area contributed by atoms with Gasteiger partial charge in [-0.25, -0.2) is 12.8 Å². The Labute approximate surface area is 160 Å². The summed E-state index contributed by atoms with van der Waals surface area (Å²) in [6.45, 7) is 8.57. The lowest BCUT2D eigenvalue weighted by Gasteiger charge is -2.18. The molecule has 0 amide bonds. The zero-order valence-electron chi connectivity index (χ0n) is 16.4. The minimum atomic E-state index is -3.19. The van der Waals surface area contributed by atoms with Gasteiger partial charge in [-0.3, -0.25) is 4.99 Å². The van der Waals surface area contributed by atoms with E-state index in [1.807, 2.05) is 13.1 Å². The van der Waals surface area contributed by atoms with Crippen LogP contribution in [-0.4, -0.2) is 49.5 Å². The first-order valence-electron chi connectivity index (χ1n) is 9.14. The van der Waals surface area contributed by atoms with Crippen LogP contribution in [0.3, 0.4) is 0 Å². The predicted molar refractivity (Wildman–Crippen MR) is 109 cm³/mol. The zero-order valence-corrected chi connectivity index (χ0v) is 17.2. The molecule has 0 saturated carbocycles. The fourth-order valence-electron chi connectivity index (χ4n) is 2.61. The van der Waals surface area contributed by atoms with Gasteiger partial charge >= 0.3 is 0 Å². The molecule has 0 atom stereocenters. The van der Waals surface area contributed by atoms with E-state index in [-0.39, 0.29) is 18.1 Å². The molecule has 1 heterocycles. The van der Waals surface area contributed by atoms with Crippen LogP contribution in [0, 0.1) is 5.82 Å². The van der Waals surface area contributed by atoms with E-state index in [1.54, 1.807) is 26.8 Å². The number of aromatic amines is 1. The molecule has 0 spiro atoms. The second kappa shape index (κ2) is 8.73. The Morgan fingerprint density at radius 2 is 2.00 bits per heavy atom.